The van der Waals surface area contributed by atoms with E-state index in [1.165, 1.54) is 36.7 Å². The molecule has 1 rings (SSSR count). The first kappa shape index (κ1) is 24.2. The molecule has 1 amide bonds. The summed E-state index contributed by atoms with van der Waals surface area (Å²) in [6, 6.07) is 4.56. The maximum Gasteiger partial charge on any atom is 0.302 e. The summed E-state index contributed by atoms with van der Waals surface area (Å²) >= 11 is 4.09. The Hall–Kier alpha value is -1.82. The number of hydrogen-bond acceptors (Lipinski definition) is 8. The molecule has 0 aliphatic heterocycles. The molecule has 1 atom stereocenters. The van der Waals surface area contributed by atoms with Crippen LogP contribution in [0.3, 0.4) is 0 Å². The Balaban J connectivity index is 3.03. The number of nitrogens with zero attached hydrogens (tertiary/aromatic N) is 1. The largest absolute Gasteiger partial charge is 0.490 e. The standard InChI is InChI=1S/C17H26N2O7S2/c1-12(2)16(17(21)18-22)19(8-11-27)28(23,24)15-6-4-14(5-7-15)26-10-9-25-13(3)20/h4-7,12,16,22,27H,8-11H2,1-3H3,(H,18,21). The van der Waals surface area contributed by atoms with Crippen molar-refractivity contribution < 1.29 is 32.7 Å². The number of sulfonamides is 1. The summed E-state index contributed by atoms with van der Waals surface area (Å²) in [5, 5.41) is 8.99. The van der Waals surface area contributed by atoms with Gasteiger partial charge in [-0.25, -0.2) is 13.9 Å². The molecule has 0 aliphatic carbocycles. The summed E-state index contributed by atoms with van der Waals surface area (Å²) in [7, 11) is -4.03. The molecular weight excluding hydrogens is 408 g/mol. The van der Waals surface area contributed by atoms with Gasteiger partial charge in [-0.3, -0.25) is 14.8 Å². The van der Waals surface area contributed by atoms with Gasteiger partial charge >= 0.3 is 5.97 Å². The van der Waals surface area contributed by atoms with E-state index in [2.05, 4.69) is 12.6 Å². The molecule has 0 heterocycles. The van der Waals surface area contributed by atoms with Crippen LogP contribution in [0.15, 0.2) is 29.2 Å². The lowest BCUT2D eigenvalue weighted by atomic mass is 10.0. The number of rotatable bonds is 11. The number of hydroxylamine groups is 1. The van der Waals surface area contributed by atoms with Crippen molar-refractivity contribution in [1.29, 1.82) is 0 Å². The molecule has 0 saturated heterocycles. The van der Waals surface area contributed by atoms with Gasteiger partial charge in [-0.2, -0.15) is 16.9 Å². The molecule has 2 N–H and O–H groups in total. The van der Waals surface area contributed by atoms with Crippen molar-refractivity contribution in [2.75, 3.05) is 25.5 Å². The molecule has 1 unspecified atom stereocenters. The van der Waals surface area contributed by atoms with E-state index in [1.54, 1.807) is 13.8 Å². The summed E-state index contributed by atoms with van der Waals surface area (Å²) in [5.74, 6) is -1.02. The Kier molecular flexibility index (Phi) is 9.73. The predicted octanol–water partition coefficient (Wildman–Crippen LogP) is 1.08. The van der Waals surface area contributed by atoms with Gasteiger partial charge in [0.1, 0.15) is 25.0 Å². The Morgan fingerprint density at radius 3 is 2.29 bits per heavy atom. The monoisotopic (exact) mass is 434 g/mol. The lowest BCUT2D eigenvalue weighted by molar-refractivity contribution is -0.141. The Bertz CT molecular complexity index is 751. The third-order valence-corrected chi connectivity index (χ3v) is 5.82. The van der Waals surface area contributed by atoms with Crippen LogP contribution in [0.4, 0.5) is 0 Å². The van der Waals surface area contributed by atoms with E-state index in [0.29, 0.717) is 5.75 Å². The Labute approximate surface area is 170 Å². The number of carbonyl (C=O) groups excluding carboxylic acids is 2. The number of esters is 1. The third-order valence-electron chi connectivity index (χ3n) is 3.73. The lowest BCUT2D eigenvalue weighted by Crippen LogP contribution is -2.52. The second-order valence-electron chi connectivity index (χ2n) is 6.16. The lowest BCUT2D eigenvalue weighted by Gasteiger charge is -2.31. The molecule has 9 nitrogen and oxygen atoms in total. The maximum absolute atomic E-state index is 13.1. The molecule has 0 saturated carbocycles. The van der Waals surface area contributed by atoms with Crippen molar-refractivity contribution in [3.05, 3.63) is 24.3 Å². The molecule has 0 aliphatic rings. The zero-order valence-electron chi connectivity index (χ0n) is 16.0. The minimum atomic E-state index is -4.03. The molecule has 0 spiro atoms. The minimum Gasteiger partial charge on any atom is -0.490 e. The third kappa shape index (κ3) is 6.66. The second kappa shape index (κ2) is 11.2. The summed E-state index contributed by atoms with van der Waals surface area (Å²) in [6.45, 7) is 4.85. The summed E-state index contributed by atoms with van der Waals surface area (Å²) in [5.41, 5.74) is 1.53. The van der Waals surface area contributed by atoms with Crippen molar-refractivity contribution in [2.24, 2.45) is 5.92 Å². The first-order valence-corrected chi connectivity index (χ1v) is 10.6. The van der Waals surface area contributed by atoms with Crippen molar-refractivity contribution in [2.45, 2.75) is 31.7 Å². The van der Waals surface area contributed by atoms with Crippen molar-refractivity contribution in [3.8, 4) is 5.75 Å². The van der Waals surface area contributed by atoms with Crippen LogP contribution in [0.2, 0.25) is 0 Å². The molecular formula is C17H26N2O7S2. The van der Waals surface area contributed by atoms with E-state index in [9.17, 15) is 18.0 Å². The number of carbonyl (C=O) groups is 2. The molecule has 1 aromatic carbocycles. The smallest absolute Gasteiger partial charge is 0.302 e. The van der Waals surface area contributed by atoms with Crippen LogP contribution in [-0.4, -0.2) is 61.4 Å². The van der Waals surface area contributed by atoms with E-state index < -0.39 is 27.9 Å². The highest BCUT2D eigenvalue weighted by atomic mass is 32.2. The fraction of sp³-hybridized carbons (Fsp3) is 0.529. The predicted molar refractivity (Wildman–Crippen MR) is 105 cm³/mol. The fourth-order valence-electron chi connectivity index (χ4n) is 2.53. The van der Waals surface area contributed by atoms with Crippen LogP contribution < -0.4 is 10.2 Å². The summed E-state index contributed by atoms with van der Waals surface area (Å²) < 4.78 is 37.3. The zero-order chi connectivity index (χ0) is 21.3. The summed E-state index contributed by atoms with van der Waals surface area (Å²) in [4.78, 5) is 22.7. The zero-order valence-corrected chi connectivity index (χ0v) is 17.7. The van der Waals surface area contributed by atoms with Gasteiger partial charge in [-0.05, 0) is 30.2 Å². The second-order valence-corrected chi connectivity index (χ2v) is 8.50. The van der Waals surface area contributed by atoms with Crippen LogP contribution >= 0.6 is 12.6 Å². The van der Waals surface area contributed by atoms with Crippen LogP contribution in [0.1, 0.15) is 20.8 Å². The maximum atomic E-state index is 13.1. The molecule has 158 valence electrons. The topological polar surface area (TPSA) is 122 Å². The van der Waals surface area contributed by atoms with E-state index in [0.717, 1.165) is 4.31 Å². The van der Waals surface area contributed by atoms with E-state index in [4.69, 9.17) is 14.7 Å². The average molecular weight is 435 g/mol. The molecule has 28 heavy (non-hydrogen) atoms. The molecule has 11 heteroatoms. The van der Waals surface area contributed by atoms with Crippen molar-refractivity contribution in [3.63, 3.8) is 0 Å². The van der Waals surface area contributed by atoms with Crippen molar-refractivity contribution in [1.82, 2.24) is 9.79 Å². The average Bonchev–Trinajstić information content (AvgIpc) is 2.64. The number of benzene rings is 1. The highest BCUT2D eigenvalue weighted by Gasteiger charge is 2.37. The SMILES string of the molecule is CC(=O)OCCOc1ccc(S(=O)(=O)N(CCS)C(C(=O)NO)C(C)C)cc1. The summed E-state index contributed by atoms with van der Waals surface area (Å²) in [6.07, 6.45) is 0. The number of hydrogen-bond donors (Lipinski definition) is 3. The number of ether oxygens (including phenoxy) is 2. The fourth-order valence-corrected chi connectivity index (χ4v) is 4.60. The molecule has 0 bridgehead atoms. The van der Waals surface area contributed by atoms with Gasteiger partial charge in [-0.15, -0.1) is 0 Å². The first-order chi connectivity index (χ1) is 13.1. The molecule has 0 fully saturated rings. The van der Waals surface area contributed by atoms with Gasteiger partial charge < -0.3 is 9.47 Å². The van der Waals surface area contributed by atoms with Gasteiger partial charge in [-0.1, -0.05) is 13.8 Å². The van der Waals surface area contributed by atoms with E-state index >= 15 is 0 Å². The normalized spacial score (nSPS) is 12.7. The van der Waals surface area contributed by atoms with Gasteiger partial charge in [0.15, 0.2) is 0 Å². The van der Waals surface area contributed by atoms with Crippen LogP contribution in [0.25, 0.3) is 0 Å². The quantitative estimate of drug-likeness (QED) is 0.157. The Morgan fingerprint density at radius 1 is 1.21 bits per heavy atom. The number of amides is 1. The van der Waals surface area contributed by atoms with Gasteiger partial charge in [0.25, 0.3) is 5.91 Å². The number of thiol groups is 1. The van der Waals surface area contributed by atoms with Crippen LogP contribution in [0, 0.1) is 5.92 Å². The van der Waals surface area contributed by atoms with Crippen molar-refractivity contribution >= 4 is 34.5 Å². The minimum absolute atomic E-state index is 0.0116. The van der Waals surface area contributed by atoms with Crippen LogP contribution in [0.5, 0.6) is 5.75 Å². The molecule has 1 aromatic rings. The van der Waals surface area contributed by atoms with Gasteiger partial charge in [0.2, 0.25) is 10.0 Å². The van der Waals surface area contributed by atoms with E-state index in [1.807, 2.05) is 0 Å². The first-order valence-electron chi connectivity index (χ1n) is 8.58. The van der Waals surface area contributed by atoms with Crippen LogP contribution in [-0.2, 0) is 24.3 Å². The molecule has 0 aromatic heterocycles. The van der Waals surface area contributed by atoms with Gasteiger partial charge in [0.05, 0.1) is 4.90 Å². The number of nitrogens with one attached hydrogen (secondary N) is 1. The van der Waals surface area contributed by atoms with Gasteiger partial charge in [0, 0.05) is 19.2 Å². The Morgan fingerprint density at radius 2 is 1.82 bits per heavy atom. The molecule has 0 radical (unpaired) electrons. The highest BCUT2D eigenvalue weighted by molar-refractivity contribution is 7.89. The highest BCUT2D eigenvalue weighted by Crippen LogP contribution is 2.24. The van der Waals surface area contributed by atoms with E-state index in [-0.39, 0.29) is 36.3 Å².